The Kier molecular flexibility index (Phi) is 5.78. The van der Waals surface area contributed by atoms with Crippen LogP contribution in [0.1, 0.15) is 30.9 Å². The highest BCUT2D eigenvalue weighted by Crippen LogP contribution is 2.34. The molecule has 1 N–H and O–H groups in total. The fraction of sp³-hybridized carbons (Fsp3) is 0.200. The maximum Gasteiger partial charge on any atom is 0.373 e. The molecule has 2 aromatic carbocycles. The SMILES string of the molecule is CC(C)c1ccc(Oc2ncnc(NCc3ccc(F)cc3)c2[N+](=O)[O-])cc1. The van der Waals surface area contributed by atoms with E-state index < -0.39 is 4.92 Å². The lowest BCUT2D eigenvalue weighted by atomic mass is 10.0. The van der Waals surface area contributed by atoms with Crippen molar-refractivity contribution in [3.63, 3.8) is 0 Å². The molecule has 28 heavy (non-hydrogen) atoms. The van der Waals surface area contributed by atoms with Crippen LogP contribution in [0.3, 0.4) is 0 Å². The van der Waals surface area contributed by atoms with Crippen molar-refractivity contribution in [3.05, 3.63) is 81.9 Å². The number of hydrogen-bond acceptors (Lipinski definition) is 6. The van der Waals surface area contributed by atoms with Gasteiger partial charge in [0.05, 0.1) is 4.92 Å². The van der Waals surface area contributed by atoms with E-state index in [-0.39, 0.29) is 29.7 Å². The van der Waals surface area contributed by atoms with E-state index >= 15 is 0 Å². The van der Waals surface area contributed by atoms with Crippen molar-refractivity contribution in [1.29, 1.82) is 0 Å². The Morgan fingerprint density at radius 2 is 1.79 bits per heavy atom. The summed E-state index contributed by atoms with van der Waals surface area (Å²) in [6, 6.07) is 13.1. The number of halogens is 1. The van der Waals surface area contributed by atoms with Gasteiger partial charge in [0.25, 0.3) is 0 Å². The van der Waals surface area contributed by atoms with Gasteiger partial charge in [0, 0.05) is 6.54 Å². The summed E-state index contributed by atoms with van der Waals surface area (Å²) < 4.78 is 18.6. The van der Waals surface area contributed by atoms with Crippen LogP contribution in [0.4, 0.5) is 15.9 Å². The molecule has 0 aliphatic rings. The Hall–Kier alpha value is -3.55. The van der Waals surface area contributed by atoms with Gasteiger partial charge in [-0.1, -0.05) is 38.1 Å². The lowest BCUT2D eigenvalue weighted by molar-refractivity contribution is -0.385. The van der Waals surface area contributed by atoms with Crippen molar-refractivity contribution >= 4 is 11.5 Å². The van der Waals surface area contributed by atoms with E-state index in [0.717, 1.165) is 11.1 Å². The number of rotatable bonds is 7. The summed E-state index contributed by atoms with van der Waals surface area (Å²) in [6.07, 6.45) is 1.19. The van der Waals surface area contributed by atoms with Gasteiger partial charge in [-0.2, -0.15) is 4.98 Å². The van der Waals surface area contributed by atoms with Crippen molar-refractivity contribution in [1.82, 2.24) is 9.97 Å². The van der Waals surface area contributed by atoms with Crippen LogP contribution in [0.2, 0.25) is 0 Å². The Morgan fingerprint density at radius 1 is 1.11 bits per heavy atom. The number of nitrogens with one attached hydrogen (secondary N) is 1. The average molecular weight is 382 g/mol. The van der Waals surface area contributed by atoms with Crippen LogP contribution in [0, 0.1) is 15.9 Å². The van der Waals surface area contributed by atoms with Crippen molar-refractivity contribution in [2.45, 2.75) is 26.3 Å². The van der Waals surface area contributed by atoms with E-state index in [1.54, 1.807) is 24.3 Å². The first-order valence-corrected chi connectivity index (χ1v) is 8.69. The third kappa shape index (κ3) is 4.59. The minimum atomic E-state index is -0.592. The predicted molar refractivity (Wildman–Crippen MR) is 103 cm³/mol. The van der Waals surface area contributed by atoms with E-state index in [0.29, 0.717) is 11.7 Å². The maximum atomic E-state index is 13.0. The number of benzene rings is 2. The van der Waals surface area contributed by atoms with Crippen LogP contribution in [0.25, 0.3) is 0 Å². The zero-order chi connectivity index (χ0) is 20.1. The Labute approximate surface area is 161 Å². The molecule has 0 aliphatic carbocycles. The molecule has 144 valence electrons. The Balaban J connectivity index is 1.82. The van der Waals surface area contributed by atoms with Crippen LogP contribution >= 0.6 is 0 Å². The third-order valence-electron chi connectivity index (χ3n) is 4.11. The van der Waals surface area contributed by atoms with Crippen LogP contribution in [0.15, 0.2) is 54.9 Å². The molecule has 0 unspecified atom stereocenters. The summed E-state index contributed by atoms with van der Waals surface area (Å²) in [4.78, 5) is 18.9. The van der Waals surface area contributed by atoms with Gasteiger partial charge >= 0.3 is 11.6 Å². The smallest absolute Gasteiger partial charge is 0.373 e. The minimum Gasteiger partial charge on any atom is -0.434 e. The van der Waals surface area contributed by atoms with Gasteiger partial charge in [0.1, 0.15) is 17.9 Å². The van der Waals surface area contributed by atoms with Crippen LogP contribution in [0.5, 0.6) is 11.6 Å². The van der Waals surface area contributed by atoms with Gasteiger partial charge in [0.15, 0.2) is 0 Å². The van der Waals surface area contributed by atoms with E-state index in [1.165, 1.54) is 18.5 Å². The largest absolute Gasteiger partial charge is 0.434 e. The van der Waals surface area contributed by atoms with E-state index in [4.69, 9.17) is 4.74 Å². The summed E-state index contributed by atoms with van der Waals surface area (Å²) in [6.45, 7) is 4.38. The molecule has 0 atom stereocenters. The minimum absolute atomic E-state index is 0.0260. The number of aromatic nitrogens is 2. The molecule has 8 heteroatoms. The molecule has 0 aliphatic heterocycles. The number of nitro groups is 1. The summed E-state index contributed by atoms with van der Waals surface area (Å²) in [5.74, 6) is 0.327. The van der Waals surface area contributed by atoms with Crippen LogP contribution in [-0.4, -0.2) is 14.9 Å². The molecular formula is C20H19FN4O3. The average Bonchev–Trinajstić information content (AvgIpc) is 2.68. The standard InChI is InChI=1S/C20H19FN4O3/c1-13(2)15-5-9-17(10-6-15)28-20-18(25(26)27)19(23-12-24-20)22-11-14-3-7-16(21)8-4-14/h3-10,12-13H,11H2,1-2H3,(H,22,23,24). The highest BCUT2D eigenvalue weighted by Gasteiger charge is 2.25. The van der Waals surface area contributed by atoms with Gasteiger partial charge in [-0.3, -0.25) is 10.1 Å². The molecule has 0 bridgehead atoms. The summed E-state index contributed by atoms with van der Waals surface area (Å²) in [5.41, 5.74) is 1.52. The fourth-order valence-corrected chi connectivity index (χ4v) is 2.55. The number of nitrogens with zero attached hydrogens (tertiary/aromatic N) is 3. The zero-order valence-electron chi connectivity index (χ0n) is 15.4. The second-order valence-corrected chi connectivity index (χ2v) is 6.44. The quantitative estimate of drug-likeness (QED) is 0.454. The van der Waals surface area contributed by atoms with Gasteiger partial charge < -0.3 is 10.1 Å². The molecule has 3 rings (SSSR count). The molecule has 0 saturated heterocycles. The highest BCUT2D eigenvalue weighted by atomic mass is 19.1. The van der Waals surface area contributed by atoms with E-state index in [2.05, 4.69) is 29.1 Å². The lowest BCUT2D eigenvalue weighted by Crippen LogP contribution is -2.07. The molecule has 0 spiro atoms. The van der Waals surface area contributed by atoms with Gasteiger partial charge in [-0.05, 0) is 41.3 Å². The first-order chi connectivity index (χ1) is 13.4. The highest BCUT2D eigenvalue weighted by molar-refractivity contribution is 5.62. The van der Waals surface area contributed by atoms with Crippen LogP contribution < -0.4 is 10.1 Å². The fourth-order valence-electron chi connectivity index (χ4n) is 2.55. The predicted octanol–water partition coefficient (Wildman–Crippen LogP) is 5.05. The molecule has 0 saturated carbocycles. The second-order valence-electron chi connectivity index (χ2n) is 6.44. The lowest BCUT2D eigenvalue weighted by Gasteiger charge is -2.10. The third-order valence-corrected chi connectivity index (χ3v) is 4.11. The van der Waals surface area contributed by atoms with Gasteiger partial charge in [0.2, 0.25) is 5.82 Å². The molecule has 3 aromatic rings. The molecule has 0 amide bonds. The van der Waals surface area contributed by atoms with E-state index in [1.807, 2.05) is 12.1 Å². The summed E-state index contributed by atoms with van der Waals surface area (Å²) in [5, 5.41) is 14.5. The number of anilines is 1. The van der Waals surface area contributed by atoms with Crippen molar-refractivity contribution < 1.29 is 14.1 Å². The zero-order valence-corrected chi connectivity index (χ0v) is 15.4. The van der Waals surface area contributed by atoms with Crippen molar-refractivity contribution in [2.24, 2.45) is 0 Å². The Bertz CT molecular complexity index is 960. The molecule has 0 radical (unpaired) electrons. The molecule has 0 fully saturated rings. The van der Waals surface area contributed by atoms with E-state index in [9.17, 15) is 14.5 Å². The Morgan fingerprint density at radius 3 is 2.39 bits per heavy atom. The van der Waals surface area contributed by atoms with Crippen LogP contribution in [-0.2, 0) is 6.54 Å². The van der Waals surface area contributed by atoms with Crippen molar-refractivity contribution in [3.8, 4) is 11.6 Å². The summed E-state index contributed by atoms with van der Waals surface area (Å²) >= 11 is 0. The first-order valence-electron chi connectivity index (χ1n) is 8.69. The monoisotopic (exact) mass is 382 g/mol. The summed E-state index contributed by atoms with van der Waals surface area (Å²) in [7, 11) is 0. The van der Waals surface area contributed by atoms with Gasteiger partial charge in [-0.25, -0.2) is 9.37 Å². The molecule has 1 aromatic heterocycles. The van der Waals surface area contributed by atoms with Crippen molar-refractivity contribution in [2.75, 3.05) is 5.32 Å². The normalized spacial score (nSPS) is 10.7. The van der Waals surface area contributed by atoms with Gasteiger partial charge in [-0.15, -0.1) is 0 Å². The molecule has 1 heterocycles. The first kappa shape index (κ1) is 19.2. The maximum absolute atomic E-state index is 13.0. The second kappa shape index (κ2) is 8.43. The number of ether oxygens (including phenoxy) is 1. The number of hydrogen-bond donors (Lipinski definition) is 1. The molecular weight excluding hydrogens is 363 g/mol. The topological polar surface area (TPSA) is 90.2 Å². The molecule has 7 nitrogen and oxygen atoms in total.